The maximum absolute atomic E-state index is 6.05. The molecule has 3 rings (SSSR count). The lowest BCUT2D eigenvalue weighted by Gasteiger charge is -2.19. The Morgan fingerprint density at radius 3 is 2.90 bits per heavy atom. The van der Waals surface area contributed by atoms with Crippen LogP contribution in [0.15, 0.2) is 34.9 Å². The number of halogens is 1. The summed E-state index contributed by atoms with van der Waals surface area (Å²) in [6.45, 7) is 1.99. The molecule has 1 N–H and O–H groups in total. The molecule has 0 spiro atoms. The molecule has 1 fully saturated rings. The standard InChI is InChI=1S/C15H19ClN2OS/c1-18(11-4-5-11)9-8-17-15(12-3-2-10-19-12)13-6-7-14(16)20-13/h2-3,6-7,10-11,15,17H,4-5,8-9H2,1H3. The highest BCUT2D eigenvalue weighted by molar-refractivity contribution is 7.16. The number of hydrogen-bond donors (Lipinski definition) is 1. The van der Waals surface area contributed by atoms with E-state index in [0.717, 1.165) is 29.2 Å². The summed E-state index contributed by atoms with van der Waals surface area (Å²) in [6.07, 6.45) is 4.41. The second-order valence-corrected chi connectivity index (χ2v) is 7.00. The van der Waals surface area contributed by atoms with E-state index in [1.165, 1.54) is 17.7 Å². The molecule has 0 aliphatic heterocycles. The van der Waals surface area contributed by atoms with Gasteiger partial charge in [0.2, 0.25) is 0 Å². The normalized spacial score (nSPS) is 16.8. The zero-order valence-electron chi connectivity index (χ0n) is 11.5. The second-order valence-electron chi connectivity index (χ2n) is 5.26. The Morgan fingerprint density at radius 1 is 1.45 bits per heavy atom. The highest BCUT2D eigenvalue weighted by atomic mass is 35.5. The van der Waals surface area contributed by atoms with Crippen LogP contribution in [-0.4, -0.2) is 31.1 Å². The van der Waals surface area contributed by atoms with Crippen molar-refractivity contribution in [2.24, 2.45) is 0 Å². The number of hydrogen-bond acceptors (Lipinski definition) is 4. The Bertz CT molecular complexity index is 536. The van der Waals surface area contributed by atoms with Crippen molar-refractivity contribution in [3.8, 4) is 0 Å². The summed E-state index contributed by atoms with van der Waals surface area (Å²) in [7, 11) is 2.20. The van der Waals surface area contributed by atoms with Crippen LogP contribution in [0.3, 0.4) is 0 Å². The molecule has 1 aliphatic rings. The third kappa shape index (κ3) is 3.44. The Kier molecular flexibility index (Phi) is 4.46. The van der Waals surface area contributed by atoms with Gasteiger partial charge in [-0.15, -0.1) is 11.3 Å². The minimum absolute atomic E-state index is 0.0927. The van der Waals surface area contributed by atoms with Crippen LogP contribution in [0.25, 0.3) is 0 Å². The first-order valence-corrected chi connectivity index (χ1v) is 8.16. The van der Waals surface area contributed by atoms with Gasteiger partial charge in [-0.1, -0.05) is 11.6 Å². The quantitative estimate of drug-likeness (QED) is 0.844. The van der Waals surface area contributed by atoms with Gasteiger partial charge in [0.05, 0.1) is 10.6 Å². The molecule has 1 saturated carbocycles. The molecule has 2 heterocycles. The molecule has 2 aromatic heterocycles. The molecular formula is C15H19ClN2OS. The first-order valence-electron chi connectivity index (χ1n) is 6.96. The van der Waals surface area contributed by atoms with Gasteiger partial charge in [-0.25, -0.2) is 0 Å². The summed E-state index contributed by atoms with van der Waals surface area (Å²) in [5.74, 6) is 0.942. The summed E-state index contributed by atoms with van der Waals surface area (Å²) in [5.41, 5.74) is 0. The van der Waals surface area contributed by atoms with Crippen molar-refractivity contribution >= 4 is 22.9 Å². The predicted octanol–water partition coefficient (Wildman–Crippen LogP) is 3.77. The highest BCUT2D eigenvalue weighted by Crippen LogP contribution is 2.31. The van der Waals surface area contributed by atoms with Gasteiger partial charge in [0.15, 0.2) is 0 Å². The van der Waals surface area contributed by atoms with Crippen LogP contribution >= 0.6 is 22.9 Å². The Hall–Kier alpha value is -0.810. The molecule has 2 aromatic rings. The number of likely N-dealkylation sites (N-methyl/N-ethyl adjacent to an activating group) is 1. The van der Waals surface area contributed by atoms with E-state index in [1.807, 2.05) is 18.2 Å². The molecule has 108 valence electrons. The molecule has 0 saturated heterocycles. The SMILES string of the molecule is CN(CCNC(c1ccco1)c1ccc(Cl)s1)C1CC1. The zero-order chi connectivity index (χ0) is 13.9. The lowest BCUT2D eigenvalue weighted by atomic mass is 10.2. The van der Waals surface area contributed by atoms with Gasteiger partial charge >= 0.3 is 0 Å². The van der Waals surface area contributed by atoms with Crippen LogP contribution in [0.1, 0.15) is 29.5 Å². The number of nitrogens with one attached hydrogen (secondary N) is 1. The Morgan fingerprint density at radius 2 is 2.30 bits per heavy atom. The van der Waals surface area contributed by atoms with Crippen molar-refractivity contribution in [2.45, 2.75) is 24.9 Å². The fraction of sp³-hybridized carbons (Fsp3) is 0.467. The van der Waals surface area contributed by atoms with E-state index in [9.17, 15) is 0 Å². The maximum atomic E-state index is 6.05. The fourth-order valence-corrected chi connectivity index (χ4v) is 3.51. The number of thiophene rings is 1. The molecular weight excluding hydrogens is 292 g/mol. The third-order valence-corrected chi connectivity index (χ3v) is 4.99. The van der Waals surface area contributed by atoms with E-state index in [2.05, 4.69) is 23.3 Å². The smallest absolute Gasteiger partial charge is 0.126 e. The Labute approximate surface area is 128 Å². The van der Waals surface area contributed by atoms with Crippen molar-refractivity contribution in [2.75, 3.05) is 20.1 Å². The molecule has 0 radical (unpaired) electrons. The van der Waals surface area contributed by atoms with Gasteiger partial charge in [0.1, 0.15) is 11.8 Å². The molecule has 20 heavy (non-hydrogen) atoms. The topological polar surface area (TPSA) is 28.4 Å². The van der Waals surface area contributed by atoms with Gasteiger partial charge < -0.3 is 14.6 Å². The predicted molar refractivity (Wildman–Crippen MR) is 83.5 cm³/mol. The summed E-state index contributed by atoms with van der Waals surface area (Å²) >= 11 is 7.65. The van der Waals surface area contributed by atoms with Crippen LogP contribution in [0.4, 0.5) is 0 Å². The number of nitrogens with zero attached hydrogens (tertiary/aromatic N) is 1. The Balaban J connectivity index is 1.63. The second kappa shape index (κ2) is 6.31. The van der Waals surface area contributed by atoms with Crippen LogP contribution < -0.4 is 5.32 Å². The first-order chi connectivity index (χ1) is 9.74. The van der Waals surface area contributed by atoms with Gasteiger partial charge in [0, 0.05) is 24.0 Å². The van der Waals surface area contributed by atoms with E-state index in [-0.39, 0.29) is 6.04 Å². The molecule has 1 unspecified atom stereocenters. The number of rotatable bonds is 7. The monoisotopic (exact) mass is 310 g/mol. The van der Waals surface area contributed by atoms with E-state index >= 15 is 0 Å². The molecule has 0 aromatic carbocycles. The van der Waals surface area contributed by atoms with Crippen molar-refractivity contribution < 1.29 is 4.42 Å². The molecule has 0 amide bonds. The molecule has 0 bridgehead atoms. The maximum Gasteiger partial charge on any atom is 0.126 e. The summed E-state index contributed by atoms with van der Waals surface area (Å²) in [4.78, 5) is 3.62. The van der Waals surface area contributed by atoms with E-state index in [0.29, 0.717) is 0 Å². The summed E-state index contributed by atoms with van der Waals surface area (Å²) in [6, 6.07) is 8.84. The lowest BCUT2D eigenvalue weighted by Crippen LogP contribution is -2.32. The van der Waals surface area contributed by atoms with Crippen molar-refractivity contribution in [3.63, 3.8) is 0 Å². The molecule has 5 heteroatoms. The molecule has 1 atom stereocenters. The van der Waals surface area contributed by atoms with Crippen LogP contribution in [0, 0.1) is 0 Å². The van der Waals surface area contributed by atoms with Gasteiger partial charge in [-0.3, -0.25) is 0 Å². The lowest BCUT2D eigenvalue weighted by molar-refractivity contribution is 0.314. The zero-order valence-corrected chi connectivity index (χ0v) is 13.1. The summed E-state index contributed by atoms with van der Waals surface area (Å²) < 4.78 is 6.38. The minimum Gasteiger partial charge on any atom is -0.467 e. The van der Waals surface area contributed by atoms with Crippen LogP contribution in [0.2, 0.25) is 4.34 Å². The van der Waals surface area contributed by atoms with Gasteiger partial charge in [-0.05, 0) is 44.2 Å². The van der Waals surface area contributed by atoms with Crippen molar-refractivity contribution in [1.82, 2.24) is 10.2 Å². The molecule has 1 aliphatic carbocycles. The van der Waals surface area contributed by atoms with Gasteiger partial charge in [0.25, 0.3) is 0 Å². The highest BCUT2D eigenvalue weighted by Gasteiger charge is 2.26. The van der Waals surface area contributed by atoms with Crippen LogP contribution in [-0.2, 0) is 0 Å². The fourth-order valence-electron chi connectivity index (χ4n) is 2.36. The van der Waals surface area contributed by atoms with E-state index < -0.39 is 0 Å². The molecule has 3 nitrogen and oxygen atoms in total. The first kappa shape index (κ1) is 14.1. The average molecular weight is 311 g/mol. The van der Waals surface area contributed by atoms with Crippen molar-refractivity contribution in [3.05, 3.63) is 45.5 Å². The van der Waals surface area contributed by atoms with E-state index in [4.69, 9.17) is 16.0 Å². The largest absolute Gasteiger partial charge is 0.467 e. The van der Waals surface area contributed by atoms with Gasteiger partial charge in [-0.2, -0.15) is 0 Å². The van der Waals surface area contributed by atoms with Crippen LogP contribution in [0.5, 0.6) is 0 Å². The summed E-state index contributed by atoms with van der Waals surface area (Å²) in [5, 5.41) is 3.58. The minimum atomic E-state index is 0.0927. The number of furan rings is 1. The third-order valence-electron chi connectivity index (χ3n) is 3.69. The van der Waals surface area contributed by atoms with E-state index in [1.54, 1.807) is 17.6 Å². The average Bonchev–Trinajstić information content (AvgIpc) is 2.98. The van der Waals surface area contributed by atoms with Crippen molar-refractivity contribution in [1.29, 1.82) is 0 Å².